The Bertz CT molecular complexity index is 908. The van der Waals surface area contributed by atoms with E-state index in [4.69, 9.17) is 4.74 Å². The number of benzene rings is 4. The molecule has 0 amide bonds. The third-order valence-electron chi connectivity index (χ3n) is 3.70. The van der Waals surface area contributed by atoms with Gasteiger partial charge in [0.1, 0.15) is 11.5 Å². The van der Waals surface area contributed by atoms with Gasteiger partial charge in [0.15, 0.2) is 0 Å². The molecule has 4 aromatic rings. The van der Waals surface area contributed by atoms with E-state index < -0.39 is 6.68 Å². The van der Waals surface area contributed by atoms with Crippen molar-refractivity contribution >= 4 is 12.6 Å². The summed E-state index contributed by atoms with van der Waals surface area (Å²) in [4.78, 5) is 0.936. The zero-order chi connectivity index (χ0) is 21.6. The molecule has 0 unspecified atom stereocenters. The van der Waals surface area contributed by atoms with Crippen LogP contribution in [0.3, 0.4) is 0 Å². The first-order valence-corrected chi connectivity index (χ1v) is 9.54. The van der Waals surface area contributed by atoms with Crippen LogP contribution in [0.25, 0.3) is 11.1 Å². The Morgan fingerprint density at radius 3 is 1.23 bits per heavy atom. The number of para-hydroxylation sites is 1. The second-order valence-corrected chi connectivity index (χ2v) is 6.40. The zero-order valence-corrected chi connectivity index (χ0v) is 16.9. The normalized spacial score (nSPS) is 9.63. The first kappa shape index (κ1) is 23.1. The van der Waals surface area contributed by atoms with E-state index >= 15 is 0 Å². The van der Waals surface area contributed by atoms with Crippen molar-refractivity contribution in [1.82, 2.24) is 0 Å². The molecular weight excluding hydrogens is 405 g/mol. The van der Waals surface area contributed by atoms with Crippen LogP contribution < -0.4 is 4.74 Å². The van der Waals surface area contributed by atoms with Crippen LogP contribution in [0.1, 0.15) is 0 Å². The summed E-state index contributed by atoms with van der Waals surface area (Å²) in [6.45, 7) is -3.67. The fourth-order valence-corrected chi connectivity index (χ4v) is 2.55. The standard InChI is InChI=1S/C12H10OS.C12H10.CHF3/c14-12-8-6-11(7-9-12)13-10-4-2-1-3-5-10;1-3-7-11(8-4-1)12-9-5-2-6-10-12;2-1(3)4/h1-9,14H;1-10H;1H. The van der Waals surface area contributed by atoms with Crippen LogP contribution in [-0.4, -0.2) is 6.68 Å². The predicted molar refractivity (Wildman–Crippen MR) is 119 cm³/mol. The number of ether oxygens (including phenoxy) is 1. The second-order valence-electron chi connectivity index (χ2n) is 5.89. The van der Waals surface area contributed by atoms with Crippen molar-refractivity contribution in [3.8, 4) is 22.6 Å². The molecule has 0 N–H and O–H groups in total. The molecule has 154 valence electrons. The van der Waals surface area contributed by atoms with Gasteiger partial charge in [-0.3, -0.25) is 0 Å². The second kappa shape index (κ2) is 13.1. The summed E-state index contributed by atoms with van der Waals surface area (Å²) in [5, 5.41) is 0. The van der Waals surface area contributed by atoms with Gasteiger partial charge in [0, 0.05) is 4.90 Å². The van der Waals surface area contributed by atoms with Gasteiger partial charge in [0.25, 0.3) is 0 Å². The summed E-state index contributed by atoms with van der Waals surface area (Å²) in [5.41, 5.74) is 2.55. The Kier molecular flexibility index (Phi) is 10.1. The van der Waals surface area contributed by atoms with E-state index in [9.17, 15) is 13.2 Å². The van der Waals surface area contributed by atoms with E-state index in [2.05, 4.69) is 61.2 Å². The van der Waals surface area contributed by atoms with Crippen LogP contribution in [0.15, 0.2) is 120 Å². The van der Waals surface area contributed by atoms with Crippen molar-refractivity contribution in [2.45, 2.75) is 11.6 Å². The lowest BCUT2D eigenvalue weighted by atomic mass is 10.1. The molecule has 0 aliphatic rings. The molecule has 0 aliphatic carbocycles. The van der Waals surface area contributed by atoms with Crippen molar-refractivity contribution in [2.75, 3.05) is 0 Å². The molecule has 0 saturated carbocycles. The van der Waals surface area contributed by atoms with Gasteiger partial charge in [0.05, 0.1) is 0 Å². The molecule has 4 rings (SSSR count). The van der Waals surface area contributed by atoms with Crippen LogP contribution in [0.5, 0.6) is 11.5 Å². The molecule has 30 heavy (non-hydrogen) atoms. The fourth-order valence-electron chi connectivity index (χ4n) is 2.40. The average molecular weight is 427 g/mol. The fraction of sp³-hybridized carbons (Fsp3) is 0.0400. The lowest BCUT2D eigenvalue weighted by Gasteiger charge is -2.04. The van der Waals surface area contributed by atoms with E-state index in [0.717, 1.165) is 16.4 Å². The van der Waals surface area contributed by atoms with Crippen LogP contribution >= 0.6 is 12.6 Å². The van der Waals surface area contributed by atoms with Gasteiger partial charge in [-0.15, -0.1) is 12.6 Å². The maximum atomic E-state index is 9.67. The molecule has 0 radical (unpaired) electrons. The monoisotopic (exact) mass is 426 g/mol. The van der Waals surface area contributed by atoms with Gasteiger partial charge in [0.2, 0.25) is 0 Å². The highest BCUT2D eigenvalue weighted by Gasteiger charge is 1.95. The van der Waals surface area contributed by atoms with Gasteiger partial charge in [-0.1, -0.05) is 78.9 Å². The minimum atomic E-state index is -3.67. The van der Waals surface area contributed by atoms with Gasteiger partial charge in [-0.25, -0.2) is 0 Å². The van der Waals surface area contributed by atoms with Gasteiger partial charge in [-0.05, 0) is 47.5 Å². The van der Waals surface area contributed by atoms with Crippen LogP contribution in [0.2, 0.25) is 0 Å². The first-order chi connectivity index (χ1) is 14.5. The SMILES string of the molecule is FC(F)F.Sc1ccc(Oc2ccccc2)cc1.c1ccc(-c2ccccc2)cc1. The highest BCUT2D eigenvalue weighted by Crippen LogP contribution is 2.21. The van der Waals surface area contributed by atoms with E-state index in [1.165, 1.54) is 11.1 Å². The largest absolute Gasteiger partial charge is 0.457 e. The molecule has 0 aliphatic heterocycles. The van der Waals surface area contributed by atoms with Crippen molar-refractivity contribution in [3.05, 3.63) is 115 Å². The molecule has 4 aromatic carbocycles. The highest BCUT2D eigenvalue weighted by molar-refractivity contribution is 7.80. The van der Waals surface area contributed by atoms with Crippen LogP contribution in [-0.2, 0) is 0 Å². The molecule has 0 aromatic heterocycles. The number of thiol groups is 1. The molecule has 0 heterocycles. The summed E-state index contributed by atoms with van der Waals surface area (Å²) in [6.07, 6.45) is 0. The van der Waals surface area contributed by atoms with Crippen molar-refractivity contribution in [2.24, 2.45) is 0 Å². The summed E-state index contributed by atoms with van der Waals surface area (Å²) in [6, 6.07) is 38.1. The zero-order valence-electron chi connectivity index (χ0n) is 16.0. The molecule has 0 fully saturated rings. The van der Waals surface area contributed by atoms with Gasteiger partial charge >= 0.3 is 6.68 Å². The van der Waals surface area contributed by atoms with Crippen molar-refractivity contribution in [1.29, 1.82) is 0 Å². The Balaban J connectivity index is 0.000000183. The van der Waals surface area contributed by atoms with Gasteiger partial charge in [-0.2, -0.15) is 13.2 Å². The predicted octanol–water partition coefficient (Wildman–Crippen LogP) is 8.30. The smallest absolute Gasteiger partial charge is 0.379 e. The maximum absolute atomic E-state index is 9.67. The number of rotatable bonds is 3. The van der Waals surface area contributed by atoms with E-state index in [-0.39, 0.29) is 0 Å². The topological polar surface area (TPSA) is 9.23 Å². The Labute approximate surface area is 180 Å². The Hall–Kier alpha value is -3.18. The molecule has 1 nitrogen and oxygen atoms in total. The summed E-state index contributed by atoms with van der Waals surface area (Å²) < 4.78 is 34.6. The molecule has 0 atom stereocenters. The third-order valence-corrected chi connectivity index (χ3v) is 3.99. The summed E-state index contributed by atoms with van der Waals surface area (Å²) in [7, 11) is 0. The summed E-state index contributed by atoms with van der Waals surface area (Å²) in [5.74, 6) is 1.67. The Morgan fingerprint density at radius 1 is 0.500 bits per heavy atom. The number of hydrogen-bond donors (Lipinski definition) is 1. The lowest BCUT2D eigenvalue weighted by molar-refractivity contribution is 0.00819. The average Bonchev–Trinajstić information content (AvgIpc) is 2.77. The molecule has 0 saturated heterocycles. The minimum Gasteiger partial charge on any atom is -0.457 e. The van der Waals surface area contributed by atoms with E-state index in [1.807, 2.05) is 66.7 Å². The Morgan fingerprint density at radius 2 is 0.833 bits per heavy atom. The number of halogens is 3. The van der Waals surface area contributed by atoms with E-state index in [1.54, 1.807) is 0 Å². The molecule has 0 bridgehead atoms. The van der Waals surface area contributed by atoms with Gasteiger partial charge < -0.3 is 4.74 Å². The molecular formula is C25H21F3OS. The molecule has 0 spiro atoms. The number of hydrogen-bond acceptors (Lipinski definition) is 2. The van der Waals surface area contributed by atoms with Crippen molar-refractivity contribution in [3.63, 3.8) is 0 Å². The number of alkyl halides is 3. The van der Waals surface area contributed by atoms with E-state index in [0.29, 0.717) is 0 Å². The maximum Gasteiger partial charge on any atom is 0.379 e. The molecule has 5 heteroatoms. The van der Waals surface area contributed by atoms with Crippen LogP contribution in [0, 0.1) is 0 Å². The summed E-state index contributed by atoms with van der Waals surface area (Å²) >= 11 is 4.20. The lowest BCUT2D eigenvalue weighted by Crippen LogP contribution is -1.82. The van der Waals surface area contributed by atoms with Crippen LogP contribution in [0.4, 0.5) is 13.2 Å². The quantitative estimate of drug-likeness (QED) is 0.324. The highest BCUT2D eigenvalue weighted by atomic mass is 32.1. The minimum absolute atomic E-state index is 0.828. The van der Waals surface area contributed by atoms with Crippen molar-refractivity contribution < 1.29 is 17.9 Å². The first-order valence-electron chi connectivity index (χ1n) is 9.09. The third kappa shape index (κ3) is 9.34.